The van der Waals surface area contributed by atoms with E-state index in [4.69, 9.17) is 5.11 Å². The van der Waals surface area contributed by atoms with Crippen LogP contribution in [0.15, 0.2) is 47.4 Å². The predicted molar refractivity (Wildman–Crippen MR) is 54.5 cm³/mol. The van der Waals surface area contributed by atoms with Crippen molar-refractivity contribution in [2.24, 2.45) is 0 Å². The molecule has 4 heteroatoms. The number of hydrogen-bond acceptors (Lipinski definition) is 2. The van der Waals surface area contributed by atoms with Crippen LogP contribution in [0.4, 0.5) is 0 Å². The summed E-state index contributed by atoms with van der Waals surface area (Å²) in [5.41, 5.74) is 0. The molecule has 3 nitrogen and oxygen atoms in total. The van der Waals surface area contributed by atoms with Crippen LogP contribution < -0.4 is 0 Å². The van der Waals surface area contributed by atoms with Crippen molar-refractivity contribution >= 4 is 16.8 Å². The van der Waals surface area contributed by atoms with Crippen molar-refractivity contribution in [3.05, 3.63) is 42.5 Å². The second-order valence-electron chi connectivity index (χ2n) is 2.57. The van der Waals surface area contributed by atoms with Gasteiger partial charge in [-0.05, 0) is 12.1 Å². The van der Waals surface area contributed by atoms with Crippen LogP contribution in [-0.4, -0.2) is 21.0 Å². The quantitative estimate of drug-likeness (QED) is 0.765. The van der Waals surface area contributed by atoms with Crippen LogP contribution in [-0.2, 0) is 15.6 Å². The summed E-state index contributed by atoms with van der Waals surface area (Å²) in [4.78, 5) is 10.8. The molecular formula is C10H10O3S. The number of rotatable bonds is 4. The van der Waals surface area contributed by atoms with Crippen molar-refractivity contribution in [1.29, 1.82) is 0 Å². The number of aliphatic carboxylic acids is 1. The minimum atomic E-state index is -1.15. The lowest BCUT2D eigenvalue weighted by Crippen LogP contribution is -1.96. The number of benzene rings is 1. The van der Waals surface area contributed by atoms with Crippen LogP contribution in [0, 0.1) is 0 Å². The Morgan fingerprint density at radius 1 is 1.36 bits per heavy atom. The summed E-state index contributed by atoms with van der Waals surface area (Å²) in [6.45, 7) is 0. The maximum Gasteiger partial charge on any atom is 0.328 e. The first kappa shape index (κ1) is 10.7. The molecule has 0 radical (unpaired) electrons. The van der Waals surface area contributed by atoms with E-state index in [-0.39, 0.29) is 5.75 Å². The molecule has 0 saturated carbocycles. The lowest BCUT2D eigenvalue weighted by Gasteiger charge is -1.96. The summed E-state index contributed by atoms with van der Waals surface area (Å²) in [7, 11) is -1.15. The van der Waals surface area contributed by atoms with Gasteiger partial charge in [0.2, 0.25) is 0 Å². The van der Waals surface area contributed by atoms with E-state index in [0.717, 1.165) is 6.08 Å². The highest BCUT2D eigenvalue weighted by Crippen LogP contribution is 2.05. The van der Waals surface area contributed by atoms with Crippen LogP contribution >= 0.6 is 0 Å². The van der Waals surface area contributed by atoms with Gasteiger partial charge >= 0.3 is 5.97 Å². The van der Waals surface area contributed by atoms with Gasteiger partial charge in [0, 0.05) is 16.7 Å². The average Bonchev–Trinajstić information content (AvgIpc) is 2.18. The van der Waals surface area contributed by atoms with E-state index in [2.05, 4.69) is 0 Å². The van der Waals surface area contributed by atoms with Crippen molar-refractivity contribution in [3.8, 4) is 0 Å². The van der Waals surface area contributed by atoms with Crippen LogP contribution in [0.3, 0.4) is 0 Å². The molecule has 1 rings (SSSR count). The van der Waals surface area contributed by atoms with Gasteiger partial charge in [-0.2, -0.15) is 0 Å². The lowest BCUT2D eigenvalue weighted by molar-refractivity contribution is -0.131. The molecule has 0 aromatic heterocycles. The van der Waals surface area contributed by atoms with Gasteiger partial charge in [0.1, 0.15) is 0 Å². The van der Waals surface area contributed by atoms with E-state index in [1.807, 2.05) is 6.07 Å². The zero-order chi connectivity index (χ0) is 10.4. The van der Waals surface area contributed by atoms with E-state index >= 15 is 0 Å². The van der Waals surface area contributed by atoms with Crippen molar-refractivity contribution in [3.63, 3.8) is 0 Å². The molecule has 0 amide bonds. The summed E-state index contributed by atoms with van der Waals surface area (Å²) < 4.78 is 11.5. The number of hydrogen-bond donors (Lipinski definition) is 1. The third-order valence-corrected chi connectivity index (χ3v) is 2.81. The van der Waals surface area contributed by atoms with E-state index in [0.29, 0.717) is 4.90 Å². The molecule has 1 N–H and O–H groups in total. The third kappa shape index (κ3) is 3.53. The number of carboxylic acids is 1. The minimum Gasteiger partial charge on any atom is -0.478 e. The second-order valence-corrected chi connectivity index (χ2v) is 4.06. The van der Waals surface area contributed by atoms with E-state index in [9.17, 15) is 9.00 Å². The van der Waals surface area contributed by atoms with Gasteiger partial charge in [-0.15, -0.1) is 0 Å². The van der Waals surface area contributed by atoms with E-state index in [1.165, 1.54) is 6.08 Å². The highest BCUT2D eigenvalue weighted by Gasteiger charge is 1.99. The number of carboxylic acid groups (broad SMARTS) is 1. The Kier molecular flexibility index (Phi) is 4.07. The molecule has 1 unspecified atom stereocenters. The van der Waals surface area contributed by atoms with E-state index in [1.54, 1.807) is 24.3 Å². The summed E-state index contributed by atoms with van der Waals surface area (Å²) in [6.07, 6.45) is 2.40. The average molecular weight is 210 g/mol. The second kappa shape index (κ2) is 5.34. The molecule has 1 aromatic carbocycles. The maximum atomic E-state index is 11.5. The highest BCUT2D eigenvalue weighted by atomic mass is 32.2. The fourth-order valence-electron chi connectivity index (χ4n) is 0.905. The fourth-order valence-corrected chi connectivity index (χ4v) is 1.83. The smallest absolute Gasteiger partial charge is 0.328 e. The van der Waals surface area contributed by atoms with Gasteiger partial charge in [0.25, 0.3) is 0 Å². The van der Waals surface area contributed by atoms with Crippen molar-refractivity contribution in [1.82, 2.24) is 0 Å². The standard InChI is InChI=1S/C10H10O3S/c11-10(12)7-4-8-14(13)9-5-2-1-3-6-9/h1-7H,8H2,(H,11,12)/b7-4+. The molecular weight excluding hydrogens is 200 g/mol. The molecule has 0 fully saturated rings. The molecule has 1 atom stereocenters. The Bertz CT molecular complexity index is 357. The molecule has 0 aliphatic heterocycles. The van der Waals surface area contributed by atoms with Crippen LogP contribution in [0.25, 0.3) is 0 Å². The molecule has 74 valence electrons. The first-order valence-electron chi connectivity index (χ1n) is 4.03. The zero-order valence-electron chi connectivity index (χ0n) is 7.42. The third-order valence-electron chi connectivity index (χ3n) is 1.51. The Morgan fingerprint density at radius 3 is 2.57 bits per heavy atom. The van der Waals surface area contributed by atoms with Crippen molar-refractivity contribution in [2.45, 2.75) is 4.90 Å². The van der Waals surface area contributed by atoms with Gasteiger partial charge in [-0.3, -0.25) is 4.21 Å². The predicted octanol–water partition coefficient (Wildman–Crippen LogP) is 1.44. The molecule has 0 spiro atoms. The summed E-state index contributed by atoms with van der Waals surface area (Å²) in [5.74, 6) is -0.786. The summed E-state index contributed by atoms with van der Waals surface area (Å²) in [5, 5.41) is 8.31. The first-order chi connectivity index (χ1) is 6.70. The molecule has 1 aromatic rings. The fraction of sp³-hybridized carbons (Fsp3) is 0.100. The Hall–Kier alpha value is -1.42. The Balaban J connectivity index is 2.56. The maximum absolute atomic E-state index is 11.5. The van der Waals surface area contributed by atoms with Gasteiger partial charge in [0.05, 0.1) is 10.8 Å². The zero-order valence-corrected chi connectivity index (χ0v) is 8.24. The molecule has 0 aliphatic rings. The molecule has 0 heterocycles. The summed E-state index contributed by atoms with van der Waals surface area (Å²) in [6, 6.07) is 8.95. The van der Waals surface area contributed by atoms with Gasteiger partial charge in [0.15, 0.2) is 0 Å². The Labute approximate surface area is 84.5 Å². The highest BCUT2D eigenvalue weighted by molar-refractivity contribution is 7.85. The molecule has 0 bridgehead atoms. The van der Waals surface area contributed by atoms with Gasteiger partial charge < -0.3 is 5.11 Å². The van der Waals surface area contributed by atoms with Crippen LogP contribution in [0.1, 0.15) is 0 Å². The topological polar surface area (TPSA) is 54.4 Å². The summed E-state index contributed by atoms with van der Waals surface area (Å²) >= 11 is 0. The van der Waals surface area contributed by atoms with Gasteiger partial charge in [-0.1, -0.05) is 24.3 Å². The number of carbonyl (C=O) groups is 1. The molecule has 14 heavy (non-hydrogen) atoms. The lowest BCUT2D eigenvalue weighted by atomic mass is 10.4. The van der Waals surface area contributed by atoms with Crippen molar-refractivity contribution < 1.29 is 14.1 Å². The first-order valence-corrected chi connectivity index (χ1v) is 5.35. The van der Waals surface area contributed by atoms with Crippen LogP contribution in [0.5, 0.6) is 0 Å². The SMILES string of the molecule is O=C(O)/C=C/CS(=O)c1ccccc1. The minimum absolute atomic E-state index is 0.232. The van der Waals surface area contributed by atoms with Gasteiger partial charge in [-0.25, -0.2) is 4.79 Å². The Morgan fingerprint density at radius 2 is 2.00 bits per heavy atom. The molecule has 0 aliphatic carbocycles. The monoisotopic (exact) mass is 210 g/mol. The molecule has 0 saturated heterocycles. The van der Waals surface area contributed by atoms with Crippen molar-refractivity contribution in [2.75, 3.05) is 5.75 Å². The largest absolute Gasteiger partial charge is 0.478 e. The normalized spacial score (nSPS) is 12.9. The van der Waals surface area contributed by atoms with E-state index < -0.39 is 16.8 Å². The van der Waals surface area contributed by atoms with Crippen LogP contribution in [0.2, 0.25) is 0 Å².